The molecule has 2 heteroatoms. The smallest absolute Gasteiger partial charge is 0.135 e. The molecule has 0 aliphatic heterocycles. The second kappa shape index (κ2) is 4.41. The van der Waals surface area contributed by atoms with Gasteiger partial charge in [0.2, 0.25) is 0 Å². The molecule has 0 saturated carbocycles. The van der Waals surface area contributed by atoms with Crippen LogP contribution in [0.2, 0.25) is 0 Å². The zero-order valence-corrected chi connectivity index (χ0v) is 14.4. The van der Waals surface area contributed by atoms with Gasteiger partial charge in [-0.2, -0.15) is 0 Å². The number of hydrogen-bond donors (Lipinski definition) is 0. The minimum atomic E-state index is -0.0669. The van der Waals surface area contributed by atoms with Crippen LogP contribution < -0.4 is 0 Å². The quantitative estimate of drug-likeness (QED) is 0.568. The Morgan fingerprint density at radius 3 is 2.26 bits per heavy atom. The van der Waals surface area contributed by atoms with Gasteiger partial charge in [-0.1, -0.05) is 71.0 Å². The summed E-state index contributed by atoms with van der Waals surface area (Å²) < 4.78 is 0. The second-order valence-corrected chi connectivity index (χ2v) is 8.02. The molecule has 0 N–H and O–H groups in total. The Kier molecular flexibility index (Phi) is 2.76. The van der Waals surface area contributed by atoms with E-state index in [1.54, 1.807) is 0 Å². The number of aromatic nitrogens is 2. The summed E-state index contributed by atoms with van der Waals surface area (Å²) in [6.07, 6.45) is 0. The molecule has 1 aliphatic carbocycles. The molecule has 1 heterocycles. The van der Waals surface area contributed by atoms with Crippen LogP contribution in [0.25, 0.3) is 22.2 Å². The highest BCUT2D eigenvalue weighted by Crippen LogP contribution is 2.47. The van der Waals surface area contributed by atoms with Gasteiger partial charge in [0, 0.05) is 21.8 Å². The van der Waals surface area contributed by atoms with Crippen molar-refractivity contribution in [1.29, 1.82) is 0 Å². The van der Waals surface area contributed by atoms with Crippen LogP contribution in [0.1, 0.15) is 51.6 Å². The summed E-state index contributed by atoms with van der Waals surface area (Å²) in [5.41, 5.74) is 5.96. The van der Waals surface area contributed by atoms with Gasteiger partial charge in [0.05, 0.1) is 11.2 Å². The fourth-order valence-corrected chi connectivity index (χ4v) is 3.61. The molecular formula is C21H22N2. The van der Waals surface area contributed by atoms with Crippen LogP contribution >= 0.6 is 0 Å². The van der Waals surface area contributed by atoms with Crippen LogP contribution in [-0.4, -0.2) is 9.97 Å². The largest absolute Gasteiger partial charge is 0.232 e. The zero-order chi connectivity index (χ0) is 16.4. The summed E-state index contributed by atoms with van der Waals surface area (Å²) in [5.74, 6) is 0.909. The monoisotopic (exact) mass is 302 g/mol. The van der Waals surface area contributed by atoms with Gasteiger partial charge in [0.25, 0.3) is 0 Å². The molecule has 4 rings (SSSR count). The first kappa shape index (κ1) is 14.4. The topological polar surface area (TPSA) is 25.8 Å². The van der Waals surface area contributed by atoms with E-state index >= 15 is 0 Å². The number of benzene rings is 2. The standard InChI is InChI=1S/C21H22N2/c1-20(2,3)19-22-16-12-8-11-15-17(16)18(23-19)13-9-6-7-10-14(13)21(15,4)5/h6-12H,1-5H3. The summed E-state index contributed by atoms with van der Waals surface area (Å²) >= 11 is 0. The molecule has 1 aliphatic rings. The molecule has 23 heavy (non-hydrogen) atoms. The van der Waals surface area contributed by atoms with E-state index < -0.39 is 0 Å². The molecule has 0 spiro atoms. The summed E-state index contributed by atoms with van der Waals surface area (Å²) in [6.45, 7) is 11.1. The van der Waals surface area contributed by atoms with E-state index in [1.165, 1.54) is 22.1 Å². The van der Waals surface area contributed by atoms with E-state index in [0.29, 0.717) is 0 Å². The first-order valence-corrected chi connectivity index (χ1v) is 8.22. The molecule has 2 nitrogen and oxygen atoms in total. The van der Waals surface area contributed by atoms with Gasteiger partial charge in [-0.3, -0.25) is 0 Å². The van der Waals surface area contributed by atoms with Crippen molar-refractivity contribution >= 4 is 10.9 Å². The summed E-state index contributed by atoms with van der Waals surface area (Å²) in [5, 5.41) is 1.21. The molecular weight excluding hydrogens is 280 g/mol. The molecule has 0 fully saturated rings. The van der Waals surface area contributed by atoms with Gasteiger partial charge >= 0.3 is 0 Å². The number of rotatable bonds is 0. The molecule has 3 aromatic rings. The van der Waals surface area contributed by atoms with Crippen LogP contribution in [0, 0.1) is 0 Å². The van der Waals surface area contributed by atoms with Crippen LogP contribution in [0.3, 0.4) is 0 Å². The number of nitrogens with zero attached hydrogens (tertiary/aromatic N) is 2. The molecule has 0 unspecified atom stereocenters. The third-order valence-electron chi connectivity index (χ3n) is 4.92. The van der Waals surface area contributed by atoms with Crippen molar-refractivity contribution in [1.82, 2.24) is 9.97 Å². The normalized spacial score (nSPS) is 15.5. The van der Waals surface area contributed by atoms with Crippen LogP contribution in [0.4, 0.5) is 0 Å². The SMILES string of the molecule is CC(C)(C)c1nc2c3c(cccc3n1)C(C)(C)c1ccccc1-2. The number of fused-ring (bicyclic) bond motifs is 2. The van der Waals surface area contributed by atoms with E-state index in [9.17, 15) is 0 Å². The molecule has 116 valence electrons. The van der Waals surface area contributed by atoms with Crippen LogP contribution in [0.5, 0.6) is 0 Å². The Bertz CT molecular complexity index is 930. The third-order valence-corrected chi connectivity index (χ3v) is 4.92. The lowest BCUT2D eigenvalue weighted by Gasteiger charge is -2.34. The summed E-state index contributed by atoms with van der Waals surface area (Å²) in [7, 11) is 0. The lowest BCUT2D eigenvalue weighted by Crippen LogP contribution is -2.25. The molecule has 0 amide bonds. The fraction of sp³-hybridized carbons (Fsp3) is 0.333. The van der Waals surface area contributed by atoms with E-state index in [1.807, 2.05) is 0 Å². The Hall–Kier alpha value is -2.22. The van der Waals surface area contributed by atoms with Gasteiger partial charge in [-0.05, 0) is 17.2 Å². The highest BCUT2D eigenvalue weighted by molar-refractivity contribution is 5.99. The molecule has 2 aromatic carbocycles. The maximum absolute atomic E-state index is 5.00. The predicted octanol–water partition coefficient (Wildman–Crippen LogP) is 5.23. The van der Waals surface area contributed by atoms with Gasteiger partial charge in [0.15, 0.2) is 0 Å². The average Bonchev–Trinajstić information content (AvgIpc) is 2.51. The van der Waals surface area contributed by atoms with Crippen molar-refractivity contribution in [2.75, 3.05) is 0 Å². The lowest BCUT2D eigenvalue weighted by molar-refractivity contribution is 0.548. The van der Waals surface area contributed by atoms with Crippen molar-refractivity contribution in [3.63, 3.8) is 0 Å². The molecule has 0 saturated heterocycles. The van der Waals surface area contributed by atoms with E-state index in [-0.39, 0.29) is 10.8 Å². The minimum absolute atomic E-state index is 0.0320. The molecule has 0 radical (unpaired) electrons. The maximum Gasteiger partial charge on any atom is 0.135 e. The van der Waals surface area contributed by atoms with Gasteiger partial charge in [0.1, 0.15) is 5.82 Å². The van der Waals surface area contributed by atoms with E-state index in [4.69, 9.17) is 9.97 Å². The first-order chi connectivity index (χ1) is 10.8. The number of hydrogen-bond acceptors (Lipinski definition) is 2. The maximum atomic E-state index is 5.00. The van der Waals surface area contributed by atoms with Crippen LogP contribution in [-0.2, 0) is 10.8 Å². The predicted molar refractivity (Wildman–Crippen MR) is 95.8 cm³/mol. The Morgan fingerprint density at radius 1 is 0.826 bits per heavy atom. The third kappa shape index (κ3) is 1.94. The second-order valence-electron chi connectivity index (χ2n) is 8.02. The Morgan fingerprint density at radius 2 is 1.52 bits per heavy atom. The summed E-state index contributed by atoms with van der Waals surface area (Å²) in [4.78, 5) is 9.88. The lowest BCUT2D eigenvalue weighted by atomic mass is 9.70. The van der Waals surface area contributed by atoms with Crippen molar-refractivity contribution < 1.29 is 0 Å². The summed E-state index contributed by atoms with van der Waals surface area (Å²) in [6, 6.07) is 15.1. The van der Waals surface area contributed by atoms with Crippen molar-refractivity contribution in [2.24, 2.45) is 0 Å². The zero-order valence-electron chi connectivity index (χ0n) is 14.4. The van der Waals surface area contributed by atoms with Gasteiger partial charge in [-0.15, -0.1) is 0 Å². The van der Waals surface area contributed by atoms with E-state index in [0.717, 1.165) is 17.0 Å². The molecule has 1 aromatic heterocycles. The average molecular weight is 302 g/mol. The Balaban J connectivity index is 2.21. The first-order valence-electron chi connectivity index (χ1n) is 8.22. The Labute approximate surface area is 137 Å². The molecule has 0 bridgehead atoms. The fourth-order valence-electron chi connectivity index (χ4n) is 3.61. The van der Waals surface area contributed by atoms with Gasteiger partial charge < -0.3 is 0 Å². The highest BCUT2D eigenvalue weighted by Gasteiger charge is 2.35. The van der Waals surface area contributed by atoms with Crippen LogP contribution in [0.15, 0.2) is 42.5 Å². The van der Waals surface area contributed by atoms with E-state index in [2.05, 4.69) is 77.1 Å². The van der Waals surface area contributed by atoms with Crippen molar-refractivity contribution in [3.05, 3.63) is 59.4 Å². The van der Waals surface area contributed by atoms with Crippen molar-refractivity contribution in [3.8, 4) is 11.3 Å². The minimum Gasteiger partial charge on any atom is -0.232 e. The van der Waals surface area contributed by atoms with Crippen molar-refractivity contribution in [2.45, 2.75) is 45.4 Å². The molecule has 0 atom stereocenters. The van der Waals surface area contributed by atoms with Gasteiger partial charge in [-0.25, -0.2) is 9.97 Å². The highest BCUT2D eigenvalue weighted by atomic mass is 14.9.